The first-order chi connectivity index (χ1) is 9.86. The molecule has 1 amide bonds. The Morgan fingerprint density at radius 2 is 1.86 bits per heavy atom. The van der Waals surface area contributed by atoms with Gasteiger partial charge in [0, 0.05) is 17.2 Å². The molecule has 8 heteroatoms. The lowest BCUT2D eigenvalue weighted by atomic mass is 10.2. The van der Waals surface area contributed by atoms with Crippen molar-refractivity contribution in [2.45, 2.75) is 11.4 Å². The van der Waals surface area contributed by atoms with E-state index in [0.29, 0.717) is 5.56 Å². The molecular formula is C13H10ClFN2O3S. The lowest BCUT2D eigenvalue weighted by molar-refractivity contribution is 0.0946. The summed E-state index contributed by atoms with van der Waals surface area (Å²) in [4.78, 5) is 15.4. The van der Waals surface area contributed by atoms with Gasteiger partial charge in [-0.25, -0.2) is 17.8 Å². The van der Waals surface area contributed by atoms with E-state index < -0.39 is 20.8 Å². The van der Waals surface area contributed by atoms with E-state index >= 15 is 0 Å². The van der Waals surface area contributed by atoms with E-state index in [0.717, 1.165) is 12.3 Å². The van der Waals surface area contributed by atoms with Crippen molar-refractivity contribution in [1.29, 1.82) is 0 Å². The van der Waals surface area contributed by atoms with Crippen LogP contribution in [0, 0.1) is 5.82 Å². The van der Waals surface area contributed by atoms with Gasteiger partial charge < -0.3 is 5.32 Å². The largest absolute Gasteiger partial charge is 0.347 e. The molecule has 0 spiro atoms. The van der Waals surface area contributed by atoms with E-state index in [2.05, 4.69) is 10.3 Å². The van der Waals surface area contributed by atoms with Gasteiger partial charge in [0.25, 0.3) is 15.0 Å². The van der Waals surface area contributed by atoms with Crippen LogP contribution in [0.3, 0.4) is 0 Å². The second-order valence-electron chi connectivity index (χ2n) is 4.13. The molecule has 1 heterocycles. The molecule has 0 radical (unpaired) electrons. The van der Waals surface area contributed by atoms with Gasteiger partial charge in [0.15, 0.2) is 0 Å². The fourth-order valence-corrected chi connectivity index (χ4v) is 2.32. The lowest BCUT2D eigenvalue weighted by Crippen LogP contribution is -2.23. The number of carbonyl (C=O) groups excluding carboxylic acids is 1. The Morgan fingerprint density at radius 1 is 1.19 bits per heavy atom. The van der Waals surface area contributed by atoms with Crippen molar-refractivity contribution >= 4 is 25.6 Å². The first kappa shape index (κ1) is 15.4. The van der Waals surface area contributed by atoms with Crippen molar-refractivity contribution in [3.8, 4) is 0 Å². The van der Waals surface area contributed by atoms with Crippen molar-refractivity contribution in [2.24, 2.45) is 0 Å². The SMILES string of the molecule is O=C(NCc1ccc(S(=O)(=O)Cl)cc1)c1ccc(F)cn1. The molecule has 0 fully saturated rings. The molecule has 1 N–H and O–H groups in total. The minimum absolute atomic E-state index is 0.0144. The van der Waals surface area contributed by atoms with Crippen LogP contribution < -0.4 is 5.32 Å². The molecule has 1 aromatic heterocycles. The molecule has 0 saturated heterocycles. The predicted molar refractivity (Wildman–Crippen MR) is 74.8 cm³/mol. The molecule has 1 aromatic carbocycles. The number of amides is 1. The van der Waals surface area contributed by atoms with Gasteiger partial charge in [0.05, 0.1) is 11.1 Å². The maximum absolute atomic E-state index is 12.7. The smallest absolute Gasteiger partial charge is 0.270 e. The highest BCUT2D eigenvalue weighted by Crippen LogP contribution is 2.15. The minimum Gasteiger partial charge on any atom is -0.347 e. The first-order valence-electron chi connectivity index (χ1n) is 5.79. The van der Waals surface area contributed by atoms with Crippen LogP contribution in [0.2, 0.25) is 0 Å². The highest BCUT2D eigenvalue weighted by Gasteiger charge is 2.10. The minimum atomic E-state index is -3.76. The maximum atomic E-state index is 12.7. The van der Waals surface area contributed by atoms with Crippen molar-refractivity contribution in [2.75, 3.05) is 0 Å². The monoisotopic (exact) mass is 328 g/mol. The molecule has 0 aliphatic rings. The number of benzene rings is 1. The Morgan fingerprint density at radius 3 is 2.38 bits per heavy atom. The van der Waals surface area contributed by atoms with Crippen LogP contribution in [0.25, 0.3) is 0 Å². The number of pyridine rings is 1. The molecule has 0 unspecified atom stereocenters. The zero-order chi connectivity index (χ0) is 15.5. The van der Waals surface area contributed by atoms with Gasteiger partial charge in [-0.1, -0.05) is 12.1 Å². The summed E-state index contributed by atoms with van der Waals surface area (Å²) in [6.07, 6.45) is 0.953. The van der Waals surface area contributed by atoms with Crippen LogP contribution in [0.15, 0.2) is 47.5 Å². The van der Waals surface area contributed by atoms with Crippen molar-refractivity contribution < 1.29 is 17.6 Å². The van der Waals surface area contributed by atoms with Crippen LogP contribution in [0.1, 0.15) is 16.1 Å². The molecule has 2 aromatic rings. The van der Waals surface area contributed by atoms with Crippen LogP contribution in [-0.4, -0.2) is 19.3 Å². The van der Waals surface area contributed by atoms with E-state index in [1.807, 2.05) is 0 Å². The average Bonchev–Trinajstić information content (AvgIpc) is 2.45. The summed E-state index contributed by atoms with van der Waals surface area (Å²) < 4.78 is 34.8. The number of aromatic nitrogens is 1. The van der Waals surface area contributed by atoms with E-state index in [-0.39, 0.29) is 17.1 Å². The molecule has 0 aliphatic carbocycles. The molecule has 0 bridgehead atoms. The molecule has 21 heavy (non-hydrogen) atoms. The van der Waals surface area contributed by atoms with Gasteiger partial charge in [0.1, 0.15) is 11.5 Å². The third kappa shape index (κ3) is 4.24. The summed E-state index contributed by atoms with van der Waals surface area (Å²) in [6.45, 7) is 0.181. The molecule has 2 rings (SSSR count). The highest BCUT2D eigenvalue weighted by atomic mass is 35.7. The molecule has 110 valence electrons. The Balaban J connectivity index is 2.00. The summed E-state index contributed by atoms with van der Waals surface area (Å²) in [5.74, 6) is -0.978. The fraction of sp³-hybridized carbons (Fsp3) is 0.0769. The number of hydrogen-bond donors (Lipinski definition) is 1. The lowest BCUT2D eigenvalue weighted by Gasteiger charge is -2.05. The van der Waals surface area contributed by atoms with Crippen LogP contribution in [-0.2, 0) is 15.6 Å². The van der Waals surface area contributed by atoms with Crippen molar-refractivity contribution in [1.82, 2.24) is 10.3 Å². The summed E-state index contributed by atoms with van der Waals surface area (Å²) in [7, 11) is 1.44. The van der Waals surface area contributed by atoms with Gasteiger partial charge in [-0.05, 0) is 29.8 Å². The van der Waals surface area contributed by atoms with Crippen molar-refractivity contribution in [3.63, 3.8) is 0 Å². The second-order valence-corrected chi connectivity index (χ2v) is 6.69. The molecule has 0 atom stereocenters. The van der Waals surface area contributed by atoms with Crippen LogP contribution in [0.5, 0.6) is 0 Å². The number of rotatable bonds is 4. The van der Waals surface area contributed by atoms with Gasteiger partial charge in [-0.2, -0.15) is 0 Å². The van der Waals surface area contributed by atoms with Gasteiger partial charge in [-0.15, -0.1) is 0 Å². The number of carbonyl (C=O) groups is 1. The Labute approximate surface area is 125 Å². The normalized spacial score (nSPS) is 11.1. The standard InChI is InChI=1S/C13H10ClFN2O3S/c14-21(19,20)11-4-1-9(2-5-11)7-17-13(18)12-6-3-10(15)8-16-12/h1-6,8H,7H2,(H,17,18). The third-order valence-corrected chi connectivity index (χ3v) is 3.99. The topological polar surface area (TPSA) is 76.1 Å². The van der Waals surface area contributed by atoms with Gasteiger partial charge in [0.2, 0.25) is 0 Å². The summed E-state index contributed by atoms with van der Waals surface area (Å²) in [5, 5.41) is 2.59. The van der Waals surface area contributed by atoms with E-state index in [1.54, 1.807) is 0 Å². The average molecular weight is 329 g/mol. The zero-order valence-corrected chi connectivity index (χ0v) is 12.2. The fourth-order valence-electron chi connectivity index (χ4n) is 1.55. The van der Waals surface area contributed by atoms with Gasteiger partial charge in [-0.3, -0.25) is 4.79 Å². The summed E-state index contributed by atoms with van der Waals surface area (Å²) in [6, 6.07) is 8.18. The Bertz CT molecular complexity index is 746. The van der Waals surface area contributed by atoms with Crippen LogP contribution >= 0.6 is 10.7 Å². The second kappa shape index (κ2) is 6.19. The van der Waals surface area contributed by atoms with E-state index in [9.17, 15) is 17.6 Å². The molecule has 5 nitrogen and oxygen atoms in total. The maximum Gasteiger partial charge on any atom is 0.270 e. The van der Waals surface area contributed by atoms with E-state index in [1.165, 1.54) is 30.3 Å². The quantitative estimate of drug-likeness (QED) is 0.872. The Hall–Kier alpha value is -1.99. The molecular weight excluding hydrogens is 319 g/mol. The third-order valence-electron chi connectivity index (χ3n) is 2.62. The highest BCUT2D eigenvalue weighted by molar-refractivity contribution is 8.13. The predicted octanol–water partition coefficient (Wildman–Crippen LogP) is 2.08. The number of halogens is 2. The summed E-state index contributed by atoms with van der Waals surface area (Å²) in [5.41, 5.74) is 0.783. The Kier molecular flexibility index (Phi) is 4.54. The van der Waals surface area contributed by atoms with Crippen molar-refractivity contribution in [3.05, 3.63) is 59.7 Å². The van der Waals surface area contributed by atoms with E-state index in [4.69, 9.17) is 10.7 Å². The zero-order valence-electron chi connectivity index (χ0n) is 10.6. The molecule has 0 saturated carbocycles. The van der Waals surface area contributed by atoms with Gasteiger partial charge >= 0.3 is 0 Å². The number of hydrogen-bond acceptors (Lipinski definition) is 4. The number of nitrogens with zero attached hydrogens (tertiary/aromatic N) is 1. The molecule has 0 aliphatic heterocycles. The van der Waals surface area contributed by atoms with Crippen LogP contribution in [0.4, 0.5) is 4.39 Å². The number of nitrogens with one attached hydrogen (secondary N) is 1. The summed E-state index contributed by atoms with van der Waals surface area (Å²) >= 11 is 0. The first-order valence-corrected chi connectivity index (χ1v) is 8.10.